The fourth-order valence-corrected chi connectivity index (χ4v) is 1.46. The quantitative estimate of drug-likeness (QED) is 0.692. The Morgan fingerprint density at radius 3 is 2.25 bits per heavy atom. The Balaban J connectivity index is 4.39. The molecule has 12 heavy (non-hydrogen) atoms. The summed E-state index contributed by atoms with van der Waals surface area (Å²) < 4.78 is 0. The van der Waals surface area contributed by atoms with Gasteiger partial charge in [-0.15, -0.1) is 0 Å². The molecule has 2 atom stereocenters. The molecule has 0 aliphatic rings. The third-order valence-corrected chi connectivity index (χ3v) is 3.03. The molecule has 0 aliphatic carbocycles. The molecule has 2 nitrogen and oxygen atoms in total. The van der Waals surface area contributed by atoms with Crippen LogP contribution in [-0.2, 0) is 4.79 Å². The zero-order valence-corrected chi connectivity index (χ0v) is 8.55. The highest BCUT2D eigenvalue weighted by Crippen LogP contribution is 2.34. The van der Waals surface area contributed by atoms with Crippen LogP contribution in [0.1, 0.15) is 47.0 Å². The molecule has 0 aromatic carbocycles. The Morgan fingerprint density at radius 1 is 1.50 bits per heavy atom. The first-order valence-corrected chi connectivity index (χ1v) is 4.72. The van der Waals surface area contributed by atoms with Crippen LogP contribution in [0.5, 0.6) is 0 Å². The summed E-state index contributed by atoms with van der Waals surface area (Å²) in [6, 6.07) is 0. The predicted molar refractivity (Wildman–Crippen MR) is 50.1 cm³/mol. The van der Waals surface area contributed by atoms with Crippen molar-refractivity contribution in [1.29, 1.82) is 0 Å². The standard InChI is InChI=1S/C10H20O2/c1-5-7-8(3)10(4,6-2)9(11)12/h8H,5-7H2,1-4H3,(H,11,12). The SMILES string of the molecule is CCCC(C)C(C)(CC)C(=O)O. The number of hydrogen-bond donors (Lipinski definition) is 1. The fraction of sp³-hybridized carbons (Fsp3) is 0.900. The second kappa shape index (κ2) is 4.48. The minimum atomic E-state index is -0.661. The average Bonchev–Trinajstić information content (AvgIpc) is 2.03. The van der Waals surface area contributed by atoms with E-state index < -0.39 is 11.4 Å². The topological polar surface area (TPSA) is 37.3 Å². The minimum absolute atomic E-state index is 0.269. The summed E-state index contributed by atoms with van der Waals surface area (Å²) in [5, 5.41) is 9.03. The molecule has 0 rings (SSSR count). The summed E-state index contributed by atoms with van der Waals surface area (Å²) in [4.78, 5) is 11.0. The first kappa shape index (κ1) is 11.5. The molecular weight excluding hydrogens is 152 g/mol. The first-order valence-electron chi connectivity index (χ1n) is 4.72. The highest BCUT2D eigenvalue weighted by molar-refractivity contribution is 5.74. The van der Waals surface area contributed by atoms with Crippen LogP contribution in [0.25, 0.3) is 0 Å². The van der Waals surface area contributed by atoms with E-state index in [0.29, 0.717) is 6.42 Å². The van der Waals surface area contributed by atoms with Gasteiger partial charge in [-0.2, -0.15) is 0 Å². The fourth-order valence-electron chi connectivity index (χ4n) is 1.46. The number of carboxylic acid groups (broad SMARTS) is 1. The average molecular weight is 172 g/mol. The monoisotopic (exact) mass is 172 g/mol. The maximum Gasteiger partial charge on any atom is 0.309 e. The van der Waals surface area contributed by atoms with Crippen molar-refractivity contribution < 1.29 is 9.90 Å². The number of aliphatic carboxylic acids is 1. The zero-order chi connectivity index (χ0) is 9.78. The minimum Gasteiger partial charge on any atom is -0.481 e. The molecule has 2 heteroatoms. The van der Waals surface area contributed by atoms with Gasteiger partial charge >= 0.3 is 5.97 Å². The molecule has 0 heterocycles. The number of carboxylic acids is 1. The number of hydrogen-bond acceptors (Lipinski definition) is 1. The molecule has 1 N–H and O–H groups in total. The molecule has 0 saturated heterocycles. The van der Waals surface area contributed by atoms with E-state index >= 15 is 0 Å². The molecule has 0 bridgehead atoms. The lowest BCUT2D eigenvalue weighted by Gasteiger charge is -2.30. The third-order valence-electron chi connectivity index (χ3n) is 3.03. The van der Waals surface area contributed by atoms with E-state index in [9.17, 15) is 4.79 Å². The van der Waals surface area contributed by atoms with Crippen molar-refractivity contribution in [1.82, 2.24) is 0 Å². The largest absolute Gasteiger partial charge is 0.481 e. The Morgan fingerprint density at radius 2 is 2.00 bits per heavy atom. The van der Waals surface area contributed by atoms with Crippen LogP contribution >= 0.6 is 0 Å². The molecule has 2 unspecified atom stereocenters. The van der Waals surface area contributed by atoms with Crippen LogP contribution < -0.4 is 0 Å². The van der Waals surface area contributed by atoms with Crippen molar-refractivity contribution in [3.63, 3.8) is 0 Å². The molecule has 0 fully saturated rings. The van der Waals surface area contributed by atoms with Gasteiger partial charge in [0.25, 0.3) is 0 Å². The van der Waals surface area contributed by atoms with Gasteiger partial charge in [0.05, 0.1) is 5.41 Å². The summed E-state index contributed by atoms with van der Waals surface area (Å²) in [5.74, 6) is -0.393. The van der Waals surface area contributed by atoms with Crippen molar-refractivity contribution in [3.05, 3.63) is 0 Å². The Bertz CT molecular complexity index is 154. The van der Waals surface area contributed by atoms with Crippen LogP contribution in [0.15, 0.2) is 0 Å². The van der Waals surface area contributed by atoms with Gasteiger partial charge in [0.15, 0.2) is 0 Å². The number of carbonyl (C=O) groups is 1. The van der Waals surface area contributed by atoms with Crippen molar-refractivity contribution in [3.8, 4) is 0 Å². The molecule has 0 aromatic heterocycles. The second-order valence-electron chi connectivity index (χ2n) is 3.77. The van der Waals surface area contributed by atoms with Crippen LogP contribution in [0, 0.1) is 11.3 Å². The Labute approximate surface area is 75.0 Å². The lowest BCUT2D eigenvalue weighted by atomic mass is 9.74. The van der Waals surface area contributed by atoms with Gasteiger partial charge < -0.3 is 5.11 Å². The summed E-state index contributed by atoms with van der Waals surface area (Å²) in [7, 11) is 0. The Hall–Kier alpha value is -0.530. The van der Waals surface area contributed by atoms with Crippen LogP contribution in [-0.4, -0.2) is 11.1 Å². The van der Waals surface area contributed by atoms with Crippen molar-refractivity contribution in [2.75, 3.05) is 0 Å². The molecule has 0 radical (unpaired) electrons. The number of rotatable bonds is 5. The molecule has 0 aromatic rings. The van der Waals surface area contributed by atoms with Gasteiger partial charge in [-0.05, 0) is 25.7 Å². The maximum absolute atomic E-state index is 11.0. The van der Waals surface area contributed by atoms with Crippen molar-refractivity contribution >= 4 is 5.97 Å². The van der Waals surface area contributed by atoms with Gasteiger partial charge in [-0.3, -0.25) is 4.79 Å². The van der Waals surface area contributed by atoms with Gasteiger partial charge in [0.2, 0.25) is 0 Å². The van der Waals surface area contributed by atoms with E-state index in [1.807, 2.05) is 20.8 Å². The van der Waals surface area contributed by atoms with E-state index in [4.69, 9.17) is 5.11 Å². The molecule has 0 amide bonds. The van der Waals surface area contributed by atoms with Crippen LogP contribution in [0.3, 0.4) is 0 Å². The summed E-state index contributed by atoms with van der Waals surface area (Å²) in [6.45, 7) is 7.91. The maximum atomic E-state index is 11.0. The highest BCUT2D eigenvalue weighted by atomic mass is 16.4. The molecule has 0 spiro atoms. The molecule has 72 valence electrons. The Kier molecular flexibility index (Phi) is 4.29. The summed E-state index contributed by atoms with van der Waals surface area (Å²) in [5.41, 5.74) is -0.532. The van der Waals surface area contributed by atoms with E-state index in [1.54, 1.807) is 0 Å². The smallest absolute Gasteiger partial charge is 0.309 e. The van der Waals surface area contributed by atoms with E-state index in [0.717, 1.165) is 12.8 Å². The lowest BCUT2D eigenvalue weighted by molar-refractivity contribution is -0.151. The van der Waals surface area contributed by atoms with Gasteiger partial charge in [-0.25, -0.2) is 0 Å². The second-order valence-corrected chi connectivity index (χ2v) is 3.77. The van der Waals surface area contributed by atoms with Gasteiger partial charge in [-0.1, -0.05) is 27.2 Å². The van der Waals surface area contributed by atoms with E-state index in [2.05, 4.69) is 6.92 Å². The van der Waals surface area contributed by atoms with Crippen molar-refractivity contribution in [2.24, 2.45) is 11.3 Å². The van der Waals surface area contributed by atoms with Crippen molar-refractivity contribution in [2.45, 2.75) is 47.0 Å². The van der Waals surface area contributed by atoms with Gasteiger partial charge in [0.1, 0.15) is 0 Å². The normalized spacial score (nSPS) is 18.3. The van der Waals surface area contributed by atoms with Gasteiger partial charge in [0, 0.05) is 0 Å². The summed E-state index contributed by atoms with van der Waals surface area (Å²) in [6.07, 6.45) is 2.77. The molecular formula is C10H20O2. The van der Waals surface area contributed by atoms with E-state index in [1.165, 1.54) is 0 Å². The highest BCUT2D eigenvalue weighted by Gasteiger charge is 2.36. The zero-order valence-electron chi connectivity index (χ0n) is 8.55. The van der Waals surface area contributed by atoms with Crippen LogP contribution in [0.2, 0.25) is 0 Å². The third kappa shape index (κ3) is 2.23. The van der Waals surface area contributed by atoms with E-state index in [-0.39, 0.29) is 5.92 Å². The predicted octanol–water partition coefficient (Wildman–Crippen LogP) is 2.92. The summed E-state index contributed by atoms with van der Waals surface area (Å²) >= 11 is 0. The molecule has 0 aliphatic heterocycles. The molecule has 0 saturated carbocycles. The first-order chi connectivity index (χ1) is 5.49. The van der Waals surface area contributed by atoms with Crippen LogP contribution in [0.4, 0.5) is 0 Å². The lowest BCUT2D eigenvalue weighted by Crippen LogP contribution is -2.33.